The minimum absolute atomic E-state index is 0.115. The SMILES string of the molecule is CN(Cc1ccc(Br)o1)C(=O)c1cc(Cl)cc(Br)c1. The number of halogens is 3. The second kappa shape index (κ2) is 6.11. The van der Waals surface area contributed by atoms with Crippen molar-refractivity contribution in [2.24, 2.45) is 0 Å². The molecule has 1 aromatic heterocycles. The Kier molecular flexibility index (Phi) is 4.71. The van der Waals surface area contributed by atoms with Gasteiger partial charge in [0.15, 0.2) is 4.67 Å². The van der Waals surface area contributed by atoms with Gasteiger partial charge in [-0.25, -0.2) is 0 Å². The molecule has 0 radical (unpaired) electrons. The molecule has 19 heavy (non-hydrogen) atoms. The number of rotatable bonds is 3. The first-order valence-corrected chi connectivity index (χ1v) is 7.38. The standard InChI is InChI=1S/C13H10Br2ClNO2/c1-17(7-11-2-3-12(15)19-11)13(18)8-4-9(14)6-10(16)5-8/h2-6H,7H2,1H3. The third-order valence-corrected chi connectivity index (χ3v) is 3.58. The second-order valence-electron chi connectivity index (χ2n) is 4.03. The molecule has 100 valence electrons. The van der Waals surface area contributed by atoms with E-state index in [1.807, 2.05) is 6.07 Å². The Morgan fingerprint density at radius 3 is 2.63 bits per heavy atom. The largest absolute Gasteiger partial charge is 0.452 e. The van der Waals surface area contributed by atoms with Gasteiger partial charge in [0.1, 0.15) is 5.76 Å². The van der Waals surface area contributed by atoms with Gasteiger partial charge in [0.25, 0.3) is 5.91 Å². The average molecular weight is 407 g/mol. The molecule has 1 heterocycles. The molecule has 0 saturated heterocycles. The van der Waals surface area contributed by atoms with E-state index in [-0.39, 0.29) is 5.91 Å². The summed E-state index contributed by atoms with van der Waals surface area (Å²) < 4.78 is 6.80. The highest BCUT2D eigenvalue weighted by Crippen LogP contribution is 2.21. The van der Waals surface area contributed by atoms with Crippen molar-refractivity contribution < 1.29 is 9.21 Å². The monoisotopic (exact) mass is 405 g/mol. The number of nitrogens with zero attached hydrogens (tertiary/aromatic N) is 1. The lowest BCUT2D eigenvalue weighted by Crippen LogP contribution is -2.26. The zero-order chi connectivity index (χ0) is 14.0. The van der Waals surface area contributed by atoms with Crippen molar-refractivity contribution in [2.75, 3.05) is 7.05 Å². The van der Waals surface area contributed by atoms with Gasteiger partial charge in [-0.05, 0) is 46.3 Å². The van der Waals surface area contributed by atoms with Crippen LogP contribution in [0.2, 0.25) is 5.02 Å². The van der Waals surface area contributed by atoms with Crippen LogP contribution in [0.1, 0.15) is 16.1 Å². The normalized spacial score (nSPS) is 10.5. The lowest BCUT2D eigenvalue weighted by molar-refractivity contribution is 0.0775. The van der Waals surface area contributed by atoms with Crippen LogP contribution in [-0.2, 0) is 6.54 Å². The summed E-state index contributed by atoms with van der Waals surface area (Å²) >= 11 is 12.5. The van der Waals surface area contributed by atoms with Gasteiger partial charge in [0.2, 0.25) is 0 Å². The van der Waals surface area contributed by atoms with E-state index in [4.69, 9.17) is 16.0 Å². The van der Waals surface area contributed by atoms with Crippen molar-refractivity contribution in [2.45, 2.75) is 6.54 Å². The molecule has 0 fully saturated rings. The van der Waals surface area contributed by atoms with Crippen LogP contribution in [0, 0.1) is 0 Å². The first-order valence-electron chi connectivity index (χ1n) is 5.41. The average Bonchev–Trinajstić information content (AvgIpc) is 2.72. The topological polar surface area (TPSA) is 33.5 Å². The van der Waals surface area contributed by atoms with Gasteiger partial charge < -0.3 is 9.32 Å². The summed E-state index contributed by atoms with van der Waals surface area (Å²) in [5, 5.41) is 0.520. The number of carbonyl (C=O) groups excluding carboxylic acids is 1. The fraction of sp³-hybridized carbons (Fsp3) is 0.154. The number of hydrogen-bond acceptors (Lipinski definition) is 2. The molecule has 3 nitrogen and oxygen atoms in total. The van der Waals surface area contributed by atoms with E-state index in [2.05, 4.69) is 31.9 Å². The van der Waals surface area contributed by atoms with Crippen molar-refractivity contribution in [3.8, 4) is 0 Å². The van der Waals surface area contributed by atoms with E-state index in [0.717, 1.165) is 4.47 Å². The molecular formula is C13H10Br2ClNO2. The van der Waals surface area contributed by atoms with Crippen LogP contribution in [-0.4, -0.2) is 17.9 Å². The molecule has 0 aliphatic heterocycles. The predicted molar refractivity (Wildman–Crippen MR) is 81.4 cm³/mol. The molecule has 0 spiro atoms. The van der Waals surface area contributed by atoms with Gasteiger partial charge in [-0.15, -0.1) is 0 Å². The van der Waals surface area contributed by atoms with Gasteiger partial charge in [-0.3, -0.25) is 4.79 Å². The van der Waals surface area contributed by atoms with Crippen LogP contribution >= 0.6 is 43.5 Å². The first kappa shape index (κ1) is 14.6. The highest BCUT2D eigenvalue weighted by Gasteiger charge is 2.14. The zero-order valence-electron chi connectivity index (χ0n) is 9.99. The third-order valence-electron chi connectivity index (χ3n) is 2.48. The summed E-state index contributed by atoms with van der Waals surface area (Å²) in [4.78, 5) is 13.8. The maximum Gasteiger partial charge on any atom is 0.254 e. The Morgan fingerprint density at radius 2 is 2.05 bits per heavy atom. The summed E-state index contributed by atoms with van der Waals surface area (Å²) in [7, 11) is 1.72. The molecule has 0 unspecified atom stereocenters. The predicted octanol–water partition coefficient (Wildman–Crippen LogP) is 4.73. The maximum absolute atomic E-state index is 12.3. The van der Waals surface area contributed by atoms with E-state index in [0.29, 0.717) is 27.6 Å². The maximum atomic E-state index is 12.3. The number of furan rings is 1. The third kappa shape index (κ3) is 3.84. The van der Waals surface area contributed by atoms with E-state index >= 15 is 0 Å². The number of benzene rings is 1. The van der Waals surface area contributed by atoms with E-state index in [1.54, 1.807) is 36.2 Å². The Labute approximate surface area is 132 Å². The van der Waals surface area contributed by atoms with Crippen LogP contribution < -0.4 is 0 Å². The Bertz CT molecular complexity index is 592. The fourth-order valence-corrected chi connectivity index (χ4v) is 2.84. The Hall–Kier alpha value is -0.780. The van der Waals surface area contributed by atoms with Gasteiger partial charge in [0, 0.05) is 22.1 Å². The van der Waals surface area contributed by atoms with E-state index < -0.39 is 0 Å². The lowest BCUT2D eigenvalue weighted by atomic mass is 10.2. The van der Waals surface area contributed by atoms with Gasteiger partial charge in [0.05, 0.1) is 6.54 Å². The first-order chi connectivity index (χ1) is 8.95. The second-order valence-corrected chi connectivity index (χ2v) is 6.16. The lowest BCUT2D eigenvalue weighted by Gasteiger charge is -2.16. The van der Waals surface area contributed by atoms with Crippen LogP contribution in [0.25, 0.3) is 0 Å². The molecule has 0 aliphatic carbocycles. The smallest absolute Gasteiger partial charge is 0.254 e. The van der Waals surface area contributed by atoms with Gasteiger partial charge in [-0.2, -0.15) is 0 Å². The highest BCUT2D eigenvalue weighted by atomic mass is 79.9. The van der Waals surface area contributed by atoms with Crippen molar-refractivity contribution >= 4 is 49.4 Å². The van der Waals surface area contributed by atoms with Gasteiger partial charge in [-0.1, -0.05) is 27.5 Å². The summed E-state index contributed by atoms with van der Waals surface area (Å²) in [5.41, 5.74) is 0.535. The Balaban J connectivity index is 2.14. The number of carbonyl (C=O) groups is 1. The highest BCUT2D eigenvalue weighted by molar-refractivity contribution is 9.10. The van der Waals surface area contributed by atoms with Crippen LogP contribution in [0.15, 0.2) is 43.9 Å². The van der Waals surface area contributed by atoms with Crippen molar-refractivity contribution in [1.82, 2.24) is 4.90 Å². The number of amides is 1. The minimum Gasteiger partial charge on any atom is -0.452 e. The molecule has 0 saturated carbocycles. The molecule has 1 aromatic carbocycles. The molecule has 0 aliphatic rings. The zero-order valence-corrected chi connectivity index (χ0v) is 13.9. The fourth-order valence-electron chi connectivity index (χ4n) is 1.64. The molecule has 0 N–H and O–H groups in total. The molecule has 0 atom stereocenters. The van der Waals surface area contributed by atoms with Gasteiger partial charge >= 0.3 is 0 Å². The molecular weight excluding hydrogens is 397 g/mol. The molecule has 0 bridgehead atoms. The quantitative estimate of drug-likeness (QED) is 0.737. The molecule has 1 amide bonds. The van der Waals surface area contributed by atoms with E-state index in [9.17, 15) is 4.79 Å². The van der Waals surface area contributed by atoms with Crippen LogP contribution in [0.3, 0.4) is 0 Å². The van der Waals surface area contributed by atoms with Crippen LogP contribution in [0.4, 0.5) is 0 Å². The molecule has 2 rings (SSSR count). The Morgan fingerprint density at radius 1 is 1.32 bits per heavy atom. The number of hydrogen-bond donors (Lipinski definition) is 0. The van der Waals surface area contributed by atoms with Crippen molar-refractivity contribution in [1.29, 1.82) is 0 Å². The summed E-state index contributed by atoms with van der Waals surface area (Å²) in [6.45, 7) is 0.397. The minimum atomic E-state index is -0.115. The molecule has 6 heteroatoms. The van der Waals surface area contributed by atoms with Crippen LogP contribution in [0.5, 0.6) is 0 Å². The van der Waals surface area contributed by atoms with Crippen molar-refractivity contribution in [3.05, 3.63) is 55.8 Å². The van der Waals surface area contributed by atoms with E-state index in [1.165, 1.54) is 0 Å². The van der Waals surface area contributed by atoms with Crippen molar-refractivity contribution in [3.63, 3.8) is 0 Å². The summed E-state index contributed by atoms with van der Waals surface area (Å²) in [6, 6.07) is 8.74. The molecule has 2 aromatic rings. The summed E-state index contributed by atoms with van der Waals surface area (Å²) in [6.07, 6.45) is 0. The summed E-state index contributed by atoms with van der Waals surface area (Å²) in [5.74, 6) is 0.597.